The van der Waals surface area contributed by atoms with Gasteiger partial charge in [0, 0.05) is 15.6 Å². The highest BCUT2D eigenvalue weighted by Gasteiger charge is 2.36. The van der Waals surface area contributed by atoms with E-state index in [1.54, 1.807) is 0 Å². The minimum absolute atomic E-state index is 0.109. The molecule has 1 heterocycles. The average molecular weight is 868 g/mol. The van der Waals surface area contributed by atoms with Gasteiger partial charge in [0.2, 0.25) is 0 Å². The second-order valence-electron chi connectivity index (χ2n) is 8.95. The van der Waals surface area contributed by atoms with Crippen LogP contribution < -0.4 is 4.74 Å². The Morgan fingerprint density at radius 1 is 1.00 bits per heavy atom. The van der Waals surface area contributed by atoms with E-state index < -0.39 is 34.7 Å². The maximum atomic E-state index is 11.0. The van der Waals surface area contributed by atoms with Crippen molar-refractivity contribution in [3.05, 3.63) is 22.3 Å². The van der Waals surface area contributed by atoms with Crippen molar-refractivity contribution in [2.24, 2.45) is 0 Å². The van der Waals surface area contributed by atoms with E-state index in [9.17, 15) is 23.7 Å². The molecule has 36 heavy (non-hydrogen) atoms. The van der Waals surface area contributed by atoms with Gasteiger partial charge in [-0.25, -0.2) is 0 Å². The number of hydrogen-bond donors (Lipinski definition) is 4. The van der Waals surface area contributed by atoms with Gasteiger partial charge in [0.1, 0.15) is 5.75 Å². The fourth-order valence-electron chi connectivity index (χ4n) is 3.93. The molecule has 1 fully saturated rings. The van der Waals surface area contributed by atoms with Crippen molar-refractivity contribution in [1.29, 1.82) is 0 Å². The molecule has 4 N–H and O–H groups in total. The molecule has 6 atom stereocenters. The summed E-state index contributed by atoms with van der Waals surface area (Å²) in [5.41, 5.74) is 0.769. The van der Waals surface area contributed by atoms with Crippen LogP contribution in [0, 0.1) is 10.7 Å². The van der Waals surface area contributed by atoms with Crippen molar-refractivity contribution in [2.45, 2.75) is 95.6 Å². The van der Waals surface area contributed by atoms with Crippen LogP contribution in [0.5, 0.6) is 5.75 Å². The lowest BCUT2D eigenvalue weighted by atomic mass is 9.96. The number of aliphatic hydroxyl groups excluding tert-OH is 3. The van der Waals surface area contributed by atoms with Gasteiger partial charge in [0.25, 0.3) is 10.1 Å². The molecule has 1 aromatic rings. The number of benzene rings is 1. The molecule has 9 nitrogen and oxygen atoms in total. The lowest BCUT2D eigenvalue weighted by molar-refractivity contribution is -0.257. The summed E-state index contributed by atoms with van der Waals surface area (Å²) in [6, 6.07) is 1.93. The first-order chi connectivity index (χ1) is 16.8. The Balaban J connectivity index is 2.27. The molecule has 0 radical (unpaired) electrons. The minimum atomic E-state index is -4.06. The van der Waals surface area contributed by atoms with E-state index in [2.05, 4.69) is 67.8 Å². The number of aliphatic hydroxyl groups is 3. The van der Waals surface area contributed by atoms with Crippen LogP contribution in [0.15, 0.2) is 6.07 Å². The van der Waals surface area contributed by atoms with Crippen LogP contribution >= 0.6 is 67.8 Å². The number of halogens is 3. The Hall–Kier alpha value is 0.920. The molecule has 0 aromatic heterocycles. The Bertz CT molecular complexity index is 945. The van der Waals surface area contributed by atoms with E-state index in [-0.39, 0.29) is 37.4 Å². The number of ether oxygens (including phenoxy) is 3. The second-order valence-corrected chi connectivity index (χ2v) is 13.9. The van der Waals surface area contributed by atoms with Gasteiger partial charge in [-0.3, -0.25) is 4.55 Å². The molecule has 2 rings (SSSR count). The second kappa shape index (κ2) is 15.6. The molecule has 13 heteroatoms. The highest BCUT2D eigenvalue weighted by molar-refractivity contribution is 14.1. The Kier molecular flexibility index (Phi) is 14.4. The fraction of sp³-hybridized carbons (Fsp3) is 0.739. The monoisotopic (exact) mass is 868 g/mol. The number of hydrogen-bond acceptors (Lipinski definition) is 8. The zero-order chi connectivity index (χ0) is 27.0. The van der Waals surface area contributed by atoms with Gasteiger partial charge in [0.05, 0.1) is 50.0 Å². The molecule has 1 aliphatic rings. The molecular weight excluding hydrogens is 833 g/mol. The Morgan fingerprint density at radius 2 is 1.58 bits per heavy atom. The highest BCUT2D eigenvalue weighted by atomic mass is 127. The molecule has 1 aliphatic heterocycles. The van der Waals surface area contributed by atoms with Gasteiger partial charge in [0.15, 0.2) is 6.29 Å². The first kappa shape index (κ1) is 33.1. The van der Waals surface area contributed by atoms with Crippen LogP contribution in [-0.2, 0) is 19.6 Å². The van der Waals surface area contributed by atoms with E-state index >= 15 is 0 Å². The zero-order valence-corrected chi connectivity index (χ0v) is 27.6. The van der Waals surface area contributed by atoms with Gasteiger partial charge >= 0.3 is 0 Å². The van der Waals surface area contributed by atoms with E-state index in [0.717, 1.165) is 16.3 Å². The van der Waals surface area contributed by atoms with Crippen molar-refractivity contribution < 1.29 is 42.5 Å². The van der Waals surface area contributed by atoms with Crippen LogP contribution in [0.1, 0.15) is 70.6 Å². The van der Waals surface area contributed by atoms with Crippen LogP contribution in [0.4, 0.5) is 0 Å². The molecule has 208 valence electrons. The quantitative estimate of drug-likeness (QED) is 0.122. The first-order valence-electron chi connectivity index (χ1n) is 11.9. The third kappa shape index (κ3) is 10.8. The largest absolute Gasteiger partial charge is 0.491 e. The van der Waals surface area contributed by atoms with E-state index in [4.69, 9.17) is 18.8 Å². The van der Waals surface area contributed by atoms with E-state index in [1.807, 2.05) is 19.9 Å². The maximum absolute atomic E-state index is 11.0. The van der Waals surface area contributed by atoms with E-state index in [1.165, 1.54) is 0 Å². The number of rotatable bonds is 14. The predicted octanol–water partition coefficient (Wildman–Crippen LogP) is 4.40. The zero-order valence-electron chi connectivity index (χ0n) is 20.3. The Labute approximate surface area is 254 Å². The molecule has 6 unspecified atom stereocenters. The smallest absolute Gasteiger partial charge is 0.264 e. The molecule has 1 saturated heterocycles. The summed E-state index contributed by atoms with van der Waals surface area (Å²) in [6.07, 6.45) is -0.314. The average Bonchev–Trinajstić information content (AvgIpc) is 2.77. The SMILES string of the molecule is CCC(O)CC(O)CC1CC(CC(O)CC)OC(c2c(I)cc(I)c(OCCCS(=O)(=O)O)c2I)O1. The molecule has 0 saturated carbocycles. The van der Waals surface area contributed by atoms with Crippen molar-refractivity contribution in [2.75, 3.05) is 12.4 Å². The molecule has 0 spiro atoms. The molecule has 1 aromatic carbocycles. The van der Waals surface area contributed by atoms with Crippen LogP contribution in [0.25, 0.3) is 0 Å². The van der Waals surface area contributed by atoms with Gasteiger partial charge in [-0.2, -0.15) is 8.42 Å². The summed E-state index contributed by atoms with van der Waals surface area (Å²) in [4.78, 5) is 0. The predicted molar refractivity (Wildman–Crippen MR) is 161 cm³/mol. The lowest BCUT2D eigenvalue weighted by Gasteiger charge is -2.38. The van der Waals surface area contributed by atoms with Gasteiger partial charge in [-0.05, 0) is 112 Å². The van der Waals surface area contributed by atoms with Crippen molar-refractivity contribution in [3.8, 4) is 5.75 Å². The standard InChI is InChI=1S/C23H35I3O9S/c1-3-13(27)8-15(29)10-17-11-16(9-14(28)4-2)34-23(35-17)20-18(24)12-19(25)22(21(20)26)33-6-5-7-36(30,31)32/h12-17,23,27-29H,3-11H2,1-2H3,(H,30,31,32). The van der Waals surface area contributed by atoms with Gasteiger partial charge in [-0.15, -0.1) is 0 Å². The van der Waals surface area contributed by atoms with Crippen LogP contribution in [0.2, 0.25) is 0 Å². The normalized spacial score (nSPS) is 23.3. The minimum Gasteiger partial charge on any atom is -0.491 e. The third-order valence-electron chi connectivity index (χ3n) is 5.91. The van der Waals surface area contributed by atoms with Crippen molar-refractivity contribution >= 4 is 77.9 Å². The lowest BCUT2D eigenvalue weighted by Crippen LogP contribution is -2.38. The van der Waals surface area contributed by atoms with Gasteiger partial charge in [-0.1, -0.05) is 13.8 Å². The van der Waals surface area contributed by atoms with E-state index in [0.29, 0.717) is 37.9 Å². The van der Waals surface area contributed by atoms with Crippen LogP contribution in [0.3, 0.4) is 0 Å². The van der Waals surface area contributed by atoms with Crippen molar-refractivity contribution in [1.82, 2.24) is 0 Å². The summed E-state index contributed by atoms with van der Waals surface area (Å²) in [7, 11) is -4.06. The highest BCUT2D eigenvalue weighted by Crippen LogP contribution is 2.42. The first-order valence-corrected chi connectivity index (χ1v) is 16.8. The molecule has 0 aliphatic carbocycles. The summed E-state index contributed by atoms with van der Waals surface area (Å²) in [5.74, 6) is 0.192. The van der Waals surface area contributed by atoms with Crippen LogP contribution in [-0.4, -0.2) is 71.2 Å². The summed E-state index contributed by atoms with van der Waals surface area (Å²) >= 11 is 6.53. The van der Waals surface area contributed by atoms with Crippen molar-refractivity contribution in [3.63, 3.8) is 0 Å². The fourth-order valence-corrected chi connectivity index (χ4v) is 8.60. The molecular formula is C23H35I3O9S. The third-order valence-corrected chi connectivity index (χ3v) is 9.48. The van der Waals surface area contributed by atoms with Gasteiger partial charge < -0.3 is 29.5 Å². The maximum Gasteiger partial charge on any atom is 0.264 e. The summed E-state index contributed by atoms with van der Waals surface area (Å²) < 4.78 is 52.0. The summed E-state index contributed by atoms with van der Waals surface area (Å²) in [5, 5.41) is 30.7. The summed E-state index contributed by atoms with van der Waals surface area (Å²) in [6.45, 7) is 3.88. The Morgan fingerprint density at radius 3 is 2.14 bits per heavy atom. The topological polar surface area (TPSA) is 143 Å². The molecule has 0 bridgehead atoms. The molecule has 0 amide bonds.